The summed E-state index contributed by atoms with van der Waals surface area (Å²) in [5, 5.41) is 11.5. The average molecular weight is 251 g/mol. The van der Waals surface area contributed by atoms with E-state index in [0.717, 1.165) is 5.56 Å². The first kappa shape index (κ1) is 14.2. The van der Waals surface area contributed by atoms with Crippen LogP contribution in [-0.2, 0) is 20.9 Å². The van der Waals surface area contributed by atoms with Crippen LogP contribution in [0.4, 0.5) is 5.69 Å². The van der Waals surface area contributed by atoms with E-state index >= 15 is 0 Å². The summed E-state index contributed by atoms with van der Waals surface area (Å²) in [6, 6.07) is 6.85. The molecule has 98 valence electrons. The van der Waals surface area contributed by atoms with Crippen molar-refractivity contribution in [1.29, 1.82) is 0 Å². The Hall–Kier alpha value is -1.88. The number of carbonyl (C=O) groups excluding carboxylic acids is 2. The van der Waals surface area contributed by atoms with Gasteiger partial charge in [-0.15, -0.1) is 0 Å². The fraction of sp³-hybridized carbons (Fsp3) is 0.385. The Bertz CT molecular complexity index is 400. The van der Waals surface area contributed by atoms with Gasteiger partial charge < -0.3 is 15.2 Å². The van der Waals surface area contributed by atoms with Crippen LogP contribution >= 0.6 is 0 Å². The lowest BCUT2D eigenvalue weighted by Gasteiger charge is -2.05. The zero-order chi connectivity index (χ0) is 13.4. The number of anilines is 1. The Balaban J connectivity index is 2.37. The largest absolute Gasteiger partial charge is 0.466 e. The molecule has 5 heteroatoms. The van der Waals surface area contributed by atoms with E-state index in [2.05, 4.69) is 5.32 Å². The topological polar surface area (TPSA) is 75.6 Å². The van der Waals surface area contributed by atoms with E-state index in [9.17, 15) is 9.59 Å². The fourth-order valence-electron chi connectivity index (χ4n) is 1.37. The van der Waals surface area contributed by atoms with E-state index < -0.39 is 0 Å². The third-order valence-corrected chi connectivity index (χ3v) is 2.28. The van der Waals surface area contributed by atoms with E-state index in [-0.39, 0.29) is 31.3 Å². The first-order valence-corrected chi connectivity index (χ1v) is 5.81. The van der Waals surface area contributed by atoms with Gasteiger partial charge in [0.25, 0.3) is 0 Å². The number of nitrogens with one attached hydrogen (secondary N) is 1. The first-order chi connectivity index (χ1) is 8.65. The van der Waals surface area contributed by atoms with Crippen LogP contribution in [0, 0.1) is 0 Å². The number of hydrogen-bond donors (Lipinski definition) is 2. The predicted octanol–water partition coefficient (Wildman–Crippen LogP) is 1.46. The van der Waals surface area contributed by atoms with Crippen LogP contribution in [0.3, 0.4) is 0 Å². The summed E-state index contributed by atoms with van der Waals surface area (Å²) in [6.45, 7) is 2.01. The van der Waals surface area contributed by atoms with Crippen LogP contribution in [0.25, 0.3) is 0 Å². The second kappa shape index (κ2) is 7.45. The number of hydrogen-bond acceptors (Lipinski definition) is 4. The monoisotopic (exact) mass is 251 g/mol. The maximum atomic E-state index is 11.5. The second-order valence-corrected chi connectivity index (χ2v) is 3.71. The minimum Gasteiger partial charge on any atom is -0.466 e. The number of amides is 1. The minimum absolute atomic E-state index is 0.0307. The van der Waals surface area contributed by atoms with Crippen LogP contribution in [0.2, 0.25) is 0 Å². The Morgan fingerprint density at radius 2 is 1.89 bits per heavy atom. The standard InChI is InChI=1S/C13H17NO4/c1-2-18-13(17)8-7-12(16)14-11-5-3-10(9-15)4-6-11/h3-6,15H,2,7-9H2,1H3,(H,14,16). The summed E-state index contributed by atoms with van der Waals surface area (Å²) in [4.78, 5) is 22.6. The molecule has 1 aromatic rings. The van der Waals surface area contributed by atoms with Gasteiger partial charge in [0.05, 0.1) is 19.6 Å². The number of benzene rings is 1. The molecule has 0 spiro atoms. The van der Waals surface area contributed by atoms with Gasteiger partial charge in [-0.1, -0.05) is 12.1 Å². The lowest BCUT2D eigenvalue weighted by atomic mass is 10.2. The van der Waals surface area contributed by atoms with Crippen LogP contribution in [0.1, 0.15) is 25.3 Å². The Labute approximate surface area is 106 Å². The minimum atomic E-state index is -0.372. The van der Waals surface area contributed by atoms with E-state index in [4.69, 9.17) is 9.84 Å². The number of aliphatic hydroxyl groups is 1. The first-order valence-electron chi connectivity index (χ1n) is 5.81. The highest BCUT2D eigenvalue weighted by atomic mass is 16.5. The molecular weight excluding hydrogens is 234 g/mol. The molecule has 0 atom stereocenters. The highest BCUT2D eigenvalue weighted by molar-refractivity contribution is 5.92. The van der Waals surface area contributed by atoms with Crippen molar-refractivity contribution in [3.05, 3.63) is 29.8 Å². The highest BCUT2D eigenvalue weighted by Gasteiger charge is 2.07. The van der Waals surface area contributed by atoms with Gasteiger partial charge in [0, 0.05) is 12.1 Å². The van der Waals surface area contributed by atoms with E-state index in [1.54, 1.807) is 31.2 Å². The summed E-state index contributed by atoms with van der Waals surface area (Å²) >= 11 is 0. The van der Waals surface area contributed by atoms with Crippen molar-refractivity contribution in [2.24, 2.45) is 0 Å². The van der Waals surface area contributed by atoms with Crippen LogP contribution < -0.4 is 5.32 Å². The van der Waals surface area contributed by atoms with Crippen LogP contribution in [-0.4, -0.2) is 23.6 Å². The normalized spacial score (nSPS) is 9.89. The SMILES string of the molecule is CCOC(=O)CCC(=O)Nc1ccc(CO)cc1. The molecule has 0 aromatic heterocycles. The molecule has 1 aromatic carbocycles. The number of aliphatic hydroxyl groups excluding tert-OH is 1. The molecule has 5 nitrogen and oxygen atoms in total. The van der Waals surface area contributed by atoms with Gasteiger partial charge in [-0.25, -0.2) is 0 Å². The third kappa shape index (κ3) is 4.97. The molecule has 0 unspecified atom stereocenters. The predicted molar refractivity (Wildman–Crippen MR) is 66.9 cm³/mol. The molecule has 0 aliphatic heterocycles. The highest BCUT2D eigenvalue weighted by Crippen LogP contribution is 2.10. The van der Waals surface area contributed by atoms with Crippen molar-refractivity contribution in [2.45, 2.75) is 26.4 Å². The quantitative estimate of drug-likeness (QED) is 0.750. The number of esters is 1. The van der Waals surface area contributed by atoms with Crippen LogP contribution in [0.15, 0.2) is 24.3 Å². The van der Waals surface area contributed by atoms with Gasteiger partial charge >= 0.3 is 5.97 Å². The molecule has 1 rings (SSSR count). The Morgan fingerprint density at radius 3 is 2.44 bits per heavy atom. The molecule has 0 radical (unpaired) electrons. The zero-order valence-electron chi connectivity index (χ0n) is 10.3. The summed E-state index contributed by atoms with van der Waals surface area (Å²) < 4.78 is 4.73. The van der Waals surface area contributed by atoms with Gasteiger partial charge in [0.2, 0.25) is 5.91 Å². The maximum absolute atomic E-state index is 11.5. The van der Waals surface area contributed by atoms with E-state index in [1.807, 2.05) is 0 Å². The van der Waals surface area contributed by atoms with Gasteiger partial charge in [-0.05, 0) is 24.6 Å². The molecule has 0 bridgehead atoms. The average Bonchev–Trinajstić information content (AvgIpc) is 2.38. The molecule has 0 aliphatic carbocycles. The third-order valence-electron chi connectivity index (χ3n) is 2.28. The molecule has 2 N–H and O–H groups in total. The lowest BCUT2D eigenvalue weighted by Crippen LogP contribution is -2.14. The smallest absolute Gasteiger partial charge is 0.306 e. The summed E-state index contributed by atoms with van der Waals surface area (Å²) in [5.41, 5.74) is 1.42. The van der Waals surface area contributed by atoms with E-state index in [0.29, 0.717) is 12.3 Å². The number of rotatable bonds is 6. The fourth-order valence-corrected chi connectivity index (χ4v) is 1.37. The zero-order valence-corrected chi connectivity index (χ0v) is 10.3. The number of ether oxygens (including phenoxy) is 1. The summed E-state index contributed by atoms with van der Waals surface area (Å²) in [6.07, 6.45) is 0.176. The Kier molecular flexibility index (Phi) is 5.87. The molecule has 0 saturated heterocycles. The van der Waals surface area contributed by atoms with Crippen molar-refractivity contribution in [1.82, 2.24) is 0 Å². The van der Waals surface area contributed by atoms with Gasteiger partial charge in [-0.3, -0.25) is 9.59 Å². The van der Waals surface area contributed by atoms with Gasteiger partial charge in [0.15, 0.2) is 0 Å². The van der Waals surface area contributed by atoms with Gasteiger partial charge in [0.1, 0.15) is 0 Å². The lowest BCUT2D eigenvalue weighted by molar-refractivity contribution is -0.144. The van der Waals surface area contributed by atoms with E-state index in [1.165, 1.54) is 0 Å². The van der Waals surface area contributed by atoms with Crippen molar-refractivity contribution in [3.8, 4) is 0 Å². The molecule has 0 fully saturated rings. The van der Waals surface area contributed by atoms with Crippen LogP contribution in [0.5, 0.6) is 0 Å². The molecule has 0 heterocycles. The van der Waals surface area contributed by atoms with Crippen molar-refractivity contribution in [3.63, 3.8) is 0 Å². The molecule has 18 heavy (non-hydrogen) atoms. The molecule has 0 aliphatic rings. The van der Waals surface area contributed by atoms with Gasteiger partial charge in [-0.2, -0.15) is 0 Å². The van der Waals surface area contributed by atoms with Crippen molar-refractivity contribution in [2.75, 3.05) is 11.9 Å². The molecule has 1 amide bonds. The second-order valence-electron chi connectivity index (χ2n) is 3.71. The van der Waals surface area contributed by atoms with Crippen molar-refractivity contribution < 1.29 is 19.4 Å². The molecular formula is C13H17NO4. The summed E-state index contributed by atoms with van der Waals surface area (Å²) in [7, 11) is 0. The maximum Gasteiger partial charge on any atom is 0.306 e. The Morgan fingerprint density at radius 1 is 1.22 bits per heavy atom. The molecule has 0 saturated carbocycles. The number of carbonyl (C=O) groups is 2. The summed E-state index contributed by atoms with van der Waals surface area (Å²) in [5.74, 6) is -0.608. The van der Waals surface area contributed by atoms with Crippen molar-refractivity contribution >= 4 is 17.6 Å².